The summed E-state index contributed by atoms with van der Waals surface area (Å²) in [6.07, 6.45) is 1.86. The van der Waals surface area contributed by atoms with Gasteiger partial charge in [-0.15, -0.1) is 0 Å². The van der Waals surface area contributed by atoms with Crippen LogP contribution in [-0.2, 0) is 5.41 Å². The number of benzene rings is 2. The Morgan fingerprint density at radius 3 is 2.74 bits per heavy atom. The molecule has 2 aromatic carbocycles. The zero-order valence-electron chi connectivity index (χ0n) is 12.7. The maximum Gasteiger partial charge on any atom is 0.158 e. The smallest absolute Gasteiger partial charge is 0.158 e. The maximum absolute atomic E-state index is 4.70. The zero-order chi connectivity index (χ0) is 15.8. The third kappa shape index (κ3) is 1.53. The summed E-state index contributed by atoms with van der Waals surface area (Å²) in [5.74, 6) is 0.988. The van der Waals surface area contributed by atoms with E-state index in [1.54, 1.807) is 0 Å². The van der Waals surface area contributed by atoms with E-state index < -0.39 is 0 Å². The van der Waals surface area contributed by atoms with Crippen LogP contribution in [0.5, 0.6) is 0 Å². The lowest BCUT2D eigenvalue weighted by molar-refractivity contribution is 0.694. The van der Waals surface area contributed by atoms with Gasteiger partial charge >= 0.3 is 0 Å². The van der Waals surface area contributed by atoms with Gasteiger partial charge in [0.1, 0.15) is 5.82 Å². The first-order valence-corrected chi connectivity index (χ1v) is 8.43. The van der Waals surface area contributed by atoms with E-state index in [1.165, 1.54) is 27.4 Å². The van der Waals surface area contributed by atoms with Crippen LogP contribution in [0.4, 0.5) is 0 Å². The number of pyridine rings is 1. The zero-order valence-corrected chi connectivity index (χ0v) is 14.3. The molecule has 0 spiro atoms. The molecule has 0 N–H and O–H groups in total. The van der Waals surface area contributed by atoms with Crippen molar-refractivity contribution in [3.05, 3.63) is 77.3 Å². The quantitative estimate of drug-likeness (QED) is 0.383. The number of hydrogen-bond donors (Lipinski definition) is 0. The number of nitrogens with zero attached hydrogens (tertiary/aromatic N) is 2. The second kappa shape index (κ2) is 4.18. The molecule has 3 heterocycles. The Morgan fingerprint density at radius 1 is 1.04 bits per heavy atom. The molecule has 1 unspecified atom stereocenters. The molecule has 110 valence electrons. The molecule has 0 amide bonds. The monoisotopic (exact) mass is 361 g/mol. The molecule has 1 atom stereocenters. The lowest BCUT2D eigenvalue weighted by Gasteiger charge is -2.28. The summed E-state index contributed by atoms with van der Waals surface area (Å²) in [7, 11) is 0. The van der Waals surface area contributed by atoms with Gasteiger partial charge in [-0.25, -0.2) is 4.98 Å². The van der Waals surface area contributed by atoms with Gasteiger partial charge in [-0.05, 0) is 31.2 Å². The lowest BCUT2D eigenvalue weighted by Crippen LogP contribution is -2.27. The summed E-state index contributed by atoms with van der Waals surface area (Å²) in [4.78, 5) is 4.70. The van der Waals surface area contributed by atoms with Crippen LogP contribution < -0.4 is 0 Å². The second-order valence-corrected chi connectivity index (χ2v) is 7.32. The van der Waals surface area contributed by atoms with Crippen molar-refractivity contribution < 1.29 is 0 Å². The SMILES string of the molecule is [CH2+]C1(C)c2cccnc2-n2c3cc(Br)ccc3c3cccc1c32. The topological polar surface area (TPSA) is 17.8 Å². The van der Waals surface area contributed by atoms with E-state index in [0.717, 1.165) is 15.9 Å². The predicted octanol–water partition coefficient (Wildman–Crippen LogP) is 5.39. The first-order valence-electron chi connectivity index (χ1n) is 7.63. The highest BCUT2D eigenvalue weighted by atomic mass is 79.9. The molecule has 2 nitrogen and oxygen atoms in total. The van der Waals surface area contributed by atoms with Crippen LogP contribution in [0.15, 0.2) is 59.2 Å². The average Bonchev–Trinajstić information content (AvgIpc) is 2.87. The number of rotatable bonds is 0. The largest absolute Gasteiger partial charge is 0.293 e. The number of hydrogen-bond acceptors (Lipinski definition) is 1. The van der Waals surface area contributed by atoms with Gasteiger partial charge in [-0.2, -0.15) is 0 Å². The molecular weight excluding hydrogens is 348 g/mol. The molecular formula is C20H14BrN2+. The fourth-order valence-corrected chi connectivity index (χ4v) is 4.20. The van der Waals surface area contributed by atoms with Gasteiger partial charge < -0.3 is 0 Å². The maximum atomic E-state index is 4.70. The van der Waals surface area contributed by atoms with Gasteiger partial charge in [0.25, 0.3) is 0 Å². The van der Waals surface area contributed by atoms with E-state index in [-0.39, 0.29) is 5.41 Å². The second-order valence-electron chi connectivity index (χ2n) is 6.41. The Morgan fingerprint density at radius 2 is 1.87 bits per heavy atom. The van der Waals surface area contributed by atoms with Crippen LogP contribution in [0.3, 0.4) is 0 Å². The number of halogens is 1. The van der Waals surface area contributed by atoms with E-state index in [2.05, 4.69) is 76.8 Å². The lowest BCUT2D eigenvalue weighted by atomic mass is 9.76. The van der Waals surface area contributed by atoms with Gasteiger partial charge in [0.2, 0.25) is 0 Å². The molecule has 2 aromatic heterocycles. The standard InChI is InChI=1S/C20H14BrN2/c1-20(2)15-6-3-5-14-13-9-8-12(21)11-17(13)23(18(14)15)19-16(20)7-4-10-22-19/h3-11H,1H2,2H3/q+1. The van der Waals surface area contributed by atoms with Crippen molar-refractivity contribution in [2.24, 2.45) is 0 Å². The fraction of sp³-hybridized carbons (Fsp3) is 0.100. The van der Waals surface area contributed by atoms with Crippen LogP contribution in [0.2, 0.25) is 0 Å². The number of aromatic nitrogens is 2. The van der Waals surface area contributed by atoms with Crippen molar-refractivity contribution in [2.45, 2.75) is 12.3 Å². The van der Waals surface area contributed by atoms with Gasteiger partial charge in [0, 0.05) is 32.6 Å². The third-order valence-electron chi connectivity index (χ3n) is 4.94. The van der Waals surface area contributed by atoms with Crippen molar-refractivity contribution in [3.63, 3.8) is 0 Å². The summed E-state index contributed by atoms with van der Waals surface area (Å²) in [6, 6.07) is 17.1. The van der Waals surface area contributed by atoms with Crippen molar-refractivity contribution in [3.8, 4) is 5.82 Å². The molecule has 0 saturated carbocycles. The van der Waals surface area contributed by atoms with E-state index in [0.29, 0.717) is 0 Å². The Balaban J connectivity index is 2.14. The minimum atomic E-state index is -0.301. The molecule has 1 aliphatic heterocycles. The summed E-state index contributed by atoms with van der Waals surface area (Å²) >= 11 is 3.61. The minimum absolute atomic E-state index is 0.301. The fourth-order valence-electron chi connectivity index (χ4n) is 3.86. The molecule has 4 aromatic rings. The van der Waals surface area contributed by atoms with Crippen molar-refractivity contribution in [2.75, 3.05) is 0 Å². The van der Waals surface area contributed by atoms with Gasteiger partial charge in [0.05, 0.1) is 18.0 Å². The Bertz CT molecular complexity index is 1110. The Kier molecular flexibility index (Phi) is 2.40. The van der Waals surface area contributed by atoms with Gasteiger partial charge in [-0.1, -0.05) is 40.2 Å². The van der Waals surface area contributed by atoms with E-state index >= 15 is 0 Å². The van der Waals surface area contributed by atoms with E-state index in [4.69, 9.17) is 4.98 Å². The highest BCUT2D eigenvalue weighted by molar-refractivity contribution is 9.10. The van der Waals surface area contributed by atoms with E-state index in [9.17, 15) is 0 Å². The minimum Gasteiger partial charge on any atom is -0.293 e. The number of para-hydroxylation sites is 1. The highest BCUT2D eigenvalue weighted by Crippen LogP contribution is 2.46. The van der Waals surface area contributed by atoms with Crippen LogP contribution in [-0.4, -0.2) is 9.55 Å². The van der Waals surface area contributed by atoms with Crippen LogP contribution >= 0.6 is 15.9 Å². The van der Waals surface area contributed by atoms with Gasteiger partial charge in [0.15, 0.2) is 5.41 Å². The van der Waals surface area contributed by atoms with Crippen molar-refractivity contribution in [1.29, 1.82) is 0 Å². The molecule has 1 aliphatic rings. The summed E-state index contributed by atoms with van der Waals surface area (Å²) < 4.78 is 3.36. The first-order chi connectivity index (χ1) is 11.1. The summed E-state index contributed by atoms with van der Waals surface area (Å²) in [5.41, 5.74) is 4.52. The Hall–Kier alpha value is -2.26. The Labute approximate surface area is 142 Å². The molecule has 0 bridgehead atoms. The molecule has 23 heavy (non-hydrogen) atoms. The van der Waals surface area contributed by atoms with Crippen molar-refractivity contribution >= 4 is 37.7 Å². The van der Waals surface area contributed by atoms with Crippen LogP contribution in [0, 0.1) is 6.92 Å². The molecule has 3 heteroatoms. The van der Waals surface area contributed by atoms with E-state index in [1.807, 2.05) is 12.3 Å². The molecule has 0 fully saturated rings. The normalized spacial score (nSPS) is 19.2. The van der Waals surface area contributed by atoms with Crippen molar-refractivity contribution in [1.82, 2.24) is 9.55 Å². The predicted molar refractivity (Wildman–Crippen MR) is 98.1 cm³/mol. The number of fused-ring (bicyclic) bond motifs is 5. The first kappa shape index (κ1) is 13.2. The molecule has 0 radical (unpaired) electrons. The summed E-state index contributed by atoms with van der Waals surface area (Å²) in [5, 5.41) is 2.51. The average molecular weight is 362 g/mol. The highest BCUT2D eigenvalue weighted by Gasteiger charge is 2.41. The molecule has 5 rings (SSSR count). The summed E-state index contributed by atoms with van der Waals surface area (Å²) in [6.45, 7) is 6.70. The van der Waals surface area contributed by atoms with Crippen LogP contribution in [0.1, 0.15) is 18.1 Å². The molecule has 0 aliphatic carbocycles. The third-order valence-corrected chi connectivity index (χ3v) is 5.43. The molecule has 0 saturated heterocycles. The van der Waals surface area contributed by atoms with Crippen LogP contribution in [0.25, 0.3) is 27.6 Å². The van der Waals surface area contributed by atoms with Gasteiger partial charge in [-0.3, -0.25) is 4.57 Å².